The van der Waals surface area contributed by atoms with E-state index in [1.807, 2.05) is 12.1 Å². The van der Waals surface area contributed by atoms with Crippen molar-refractivity contribution in [3.05, 3.63) is 64.9 Å². The third kappa shape index (κ3) is 6.16. The summed E-state index contributed by atoms with van der Waals surface area (Å²) in [5, 5.41) is 4.09. The predicted octanol–water partition coefficient (Wildman–Crippen LogP) is 4.35. The minimum atomic E-state index is -0.274. The molecule has 1 saturated heterocycles. The molecule has 7 nitrogen and oxygen atoms in total. The topological polar surface area (TPSA) is 86.9 Å². The van der Waals surface area contributed by atoms with Crippen molar-refractivity contribution in [3.63, 3.8) is 0 Å². The SMILES string of the molecule is CCC/C=C/N(C=NC)NC(=O)c1cccc(-c2ccc(/C=C3\SC(=S)NC3=O)o2)c1. The highest BCUT2D eigenvalue weighted by molar-refractivity contribution is 8.26. The first-order valence-corrected chi connectivity index (χ1v) is 10.9. The molecule has 1 fully saturated rings. The Kier molecular flexibility index (Phi) is 7.80. The van der Waals surface area contributed by atoms with Crippen LogP contribution >= 0.6 is 24.0 Å². The fourth-order valence-corrected chi connectivity index (χ4v) is 3.74. The van der Waals surface area contributed by atoms with Crippen molar-refractivity contribution >= 4 is 52.5 Å². The molecule has 1 aromatic carbocycles. The molecule has 2 heterocycles. The van der Waals surface area contributed by atoms with Gasteiger partial charge >= 0.3 is 0 Å². The maximum Gasteiger partial charge on any atom is 0.270 e. The van der Waals surface area contributed by atoms with E-state index in [4.69, 9.17) is 16.6 Å². The number of aliphatic imine (C=N–C) groups is 1. The average Bonchev–Trinajstić information content (AvgIpc) is 3.34. The smallest absolute Gasteiger partial charge is 0.270 e. The molecule has 31 heavy (non-hydrogen) atoms. The van der Waals surface area contributed by atoms with Gasteiger partial charge in [-0.2, -0.15) is 0 Å². The first-order valence-electron chi connectivity index (χ1n) is 9.63. The number of rotatable bonds is 8. The summed E-state index contributed by atoms with van der Waals surface area (Å²) in [5.41, 5.74) is 4.01. The first kappa shape index (κ1) is 22.5. The van der Waals surface area contributed by atoms with Gasteiger partial charge in [0.1, 0.15) is 22.2 Å². The van der Waals surface area contributed by atoms with Gasteiger partial charge in [0.25, 0.3) is 11.8 Å². The van der Waals surface area contributed by atoms with Crippen LogP contribution in [-0.2, 0) is 4.79 Å². The summed E-state index contributed by atoms with van der Waals surface area (Å²) < 4.78 is 6.27. The number of furan rings is 1. The molecule has 2 amide bonds. The number of benzene rings is 1. The van der Waals surface area contributed by atoms with Gasteiger partial charge < -0.3 is 9.73 Å². The van der Waals surface area contributed by atoms with Crippen molar-refractivity contribution in [2.45, 2.75) is 19.8 Å². The van der Waals surface area contributed by atoms with Gasteiger partial charge in [0.05, 0.1) is 4.91 Å². The van der Waals surface area contributed by atoms with Crippen LogP contribution in [0.2, 0.25) is 0 Å². The molecule has 0 atom stereocenters. The molecular weight excluding hydrogens is 432 g/mol. The van der Waals surface area contributed by atoms with E-state index < -0.39 is 0 Å². The number of hydrogen-bond acceptors (Lipinski definition) is 6. The van der Waals surface area contributed by atoms with Gasteiger partial charge in [-0.3, -0.25) is 25.0 Å². The van der Waals surface area contributed by atoms with E-state index in [0.29, 0.717) is 26.3 Å². The maximum absolute atomic E-state index is 12.7. The standard InChI is InChI=1S/C22H22N4O3S2/c1-3-4-5-11-26(14-23-2)25-20(27)16-8-6-7-15(12-16)18-10-9-17(29-18)13-19-21(28)24-22(30)31-19/h5-14H,3-4H2,1-2H3,(H,25,27)(H,24,28,30)/b11-5+,19-13-,23-14?. The van der Waals surface area contributed by atoms with Crippen LogP contribution in [0.25, 0.3) is 17.4 Å². The number of carbonyl (C=O) groups is 2. The Balaban J connectivity index is 1.75. The summed E-state index contributed by atoms with van der Waals surface area (Å²) in [6.45, 7) is 2.08. The van der Waals surface area contributed by atoms with Crippen LogP contribution in [-0.4, -0.2) is 34.5 Å². The van der Waals surface area contributed by atoms with E-state index >= 15 is 0 Å². The summed E-state index contributed by atoms with van der Waals surface area (Å²) in [6, 6.07) is 10.7. The number of hydrazine groups is 1. The van der Waals surface area contributed by atoms with Gasteiger partial charge in [0, 0.05) is 30.5 Å². The Hall–Kier alpha value is -3.17. The summed E-state index contributed by atoms with van der Waals surface area (Å²) in [4.78, 5) is 28.9. The lowest BCUT2D eigenvalue weighted by Gasteiger charge is -2.16. The highest BCUT2D eigenvalue weighted by Gasteiger charge is 2.22. The molecule has 160 valence electrons. The molecule has 0 spiro atoms. The number of thioether (sulfide) groups is 1. The van der Waals surface area contributed by atoms with E-state index in [1.54, 1.807) is 49.7 Å². The second kappa shape index (κ2) is 10.7. The predicted molar refractivity (Wildman–Crippen MR) is 128 cm³/mol. The van der Waals surface area contributed by atoms with E-state index in [2.05, 4.69) is 22.7 Å². The highest BCUT2D eigenvalue weighted by atomic mass is 32.2. The van der Waals surface area contributed by atoms with E-state index in [0.717, 1.165) is 18.4 Å². The summed E-state index contributed by atoms with van der Waals surface area (Å²) in [5.74, 6) is 0.602. The molecule has 0 bridgehead atoms. The van der Waals surface area contributed by atoms with Crippen LogP contribution in [0, 0.1) is 0 Å². The minimum absolute atomic E-state index is 0.236. The number of allylic oxidation sites excluding steroid dienone is 1. The van der Waals surface area contributed by atoms with Gasteiger partial charge in [0.15, 0.2) is 0 Å². The van der Waals surface area contributed by atoms with Gasteiger partial charge in [0.2, 0.25) is 0 Å². The number of nitrogens with one attached hydrogen (secondary N) is 2. The quantitative estimate of drug-likeness (QED) is 0.203. The normalized spacial score (nSPS) is 15.2. The van der Waals surface area contributed by atoms with Gasteiger partial charge in [-0.15, -0.1) is 0 Å². The van der Waals surface area contributed by atoms with Crippen LogP contribution in [0.3, 0.4) is 0 Å². The molecule has 0 radical (unpaired) electrons. The molecule has 0 saturated carbocycles. The summed E-state index contributed by atoms with van der Waals surface area (Å²) in [6.07, 6.45) is 8.83. The van der Waals surface area contributed by atoms with E-state index in [1.165, 1.54) is 23.1 Å². The van der Waals surface area contributed by atoms with Crippen LogP contribution in [0.1, 0.15) is 35.9 Å². The van der Waals surface area contributed by atoms with Gasteiger partial charge in [-0.05, 0) is 30.7 Å². The zero-order valence-electron chi connectivity index (χ0n) is 17.1. The Bertz CT molecular complexity index is 1070. The molecule has 2 aromatic rings. The Morgan fingerprint density at radius 2 is 2.19 bits per heavy atom. The molecule has 1 aromatic heterocycles. The van der Waals surface area contributed by atoms with Crippen LogP contribution < -0.4 is 10.7 Å². The van der Waals surface area contributed by atoms with Crippen molar-refractivity contribution in [1.82, 2.24) is 15.8 Å². The number of thiocarbonyl (C=S) groups is 1. The third-order valence-electron chi connectivity index (χ3n) is 4.14. The third-order valence-corrected chi connectivity index (χ3v) is 5.31. The van der Waals surface area contributed by atoms with Crippen LogP contribution in [0.4, 0.5) is 0 Å². The van der Waals surface area contributed by atoms with Gasteiger partial charge in [-0.25, -0.2) is 0 Å². The molecule has 1 aliphatic heterocycles. The Morgan fingerprint density at radius 1 is 1.35 bits per heavy atom. The van der Waals surface area contributed by atoms with Crippen LogP contribution in [0.5, 0.6) is 0 Å². The Labute approximate surface area is 190 Å². The number of nitrogens with zero attached hydrogens (tertiary/aromatic N) is 2. The molecule has 0 aliphatic carbocycles. The van der Waals surface area contributed by atoms with E-state index in [-0.39, 0.29) is 11.8 Å². The number of carbonyl (C=O) groups excluding carboxylic acids is 2. The molecular formula is C22H22N4O3S2. The largest absolute Gasteiger partial charge is 0.457 e. The lowest BCUT2D eigenvalue weighted by molar-refractivity contribution is -0.115. The molecule has 1 aliphatic rings. The zero-order valence-corrected chi connectivity index (χ0v) is 18.8. The molecule has 2 N–H and O–H groups in total. The first-order chi connectivity index (χ1) is 15.0. The van der Waals surface area contributed by atoms with Crippen LogP contribution in [0.15, 0.2) is 63.0 Å². The maximum atomic E-state index is 12.7. The summed E-state index contributed by atoms with van der Waals surface area (Å²) >= 11 is 6.19. The lowest BCUT2D eigenvalue weighted by Crippen LogP contribution is -2.37. The van der Waals surface area contributed by atoms with Crippen molar-refractivity contribution in [1.29, 1.82) is 0 Å². The lowest BCUT2D eigenvalue weighted by atomic mass is 10.1. The van der Waals surface area contributed by atoms with Crippen molar-refractivity contribution in [3.8, 4) is 11.3 Å². The monoisotopic (exact) mass is 454 g/mol. The Morgan fingerprint density at radius 3 is 2.90 bits per heavy atom. The van der Waals surface area contributed by atoms with Crippen molar-refractivity contribution < 1.29 is 14.0 Å². The number of unbranched alkanes of at least 4 members (excludes halogenated alkanes) is 1. The molecule has 3 rings (SSSR count). The second-order valence-electron chi connectivity index (χ2n) is 6.53. The zero-order chi connectivity index (χ0) is 22.2. The van der Waals surface area contributed by atoms with Gasteiger partial charge in [-0.1, -0.05) is 55.5 Å². The average molecular weight is 455 g/mol. The fourth-order valence-electron chi connectivity index (χ4n) is 2.72. The molecule has 9 heteroatoms. The fraction of sp³-hybridized carbons (Fsp3) is 0.182. The highest BCUT2D eigenvalue weighted by Crippen LogP contribution is 2.29. The second-order valence-corrected chi connectivity index (χ2v) is 8.25. The number of amides is 2. The number of hydrogen-bond donors (Lipinski definition) is 2. The minimum Gasteiger partial charge on any atom is -0.457 e. The van der Waals surface area contributed by atoms with E-state index in [9.17, 15) is 9.59 Å². The van der Waals surface area contributed by atoms with Crippen molar-refractivity contribution in [2.24, 2.45) is 4.99 Å². The molecule has 0 unspecified atom stereocenters. The van der Waals surface area contributed by atoms with Crippen molar-refractivity contribution in [2.75, 3.05) is 7.05 Å². The summed E-state index contributed by atoms with van der Waals surface area (Å²) in [7, 11) is 1.64.